The predicted molar refractivity (Wildman–Crippen MR) is 72.8 cm³/mol. The molecule has 0 unspecified atom stereocenters. The molecule has 5 nitrogen and oxygen atoms in total. The first-order valence-corrected chi connectivity index (χ1v) is 7.57. The van der Waals surface area contributed by atoms with Crippen LogP contribution in [-0.4, -0.2) is 35.7 Å². The molecule has 6 heteroatoms. The number of carboxylic acids is 1. The maximum absolute atomic E-state index is 12.2. The van der Waals surface area contributed by atoms with E-state index in [1.807, 2.05) is 30.3 Å². The molecular weight excluding hydrogens is 278 g/mol. The van der Waals surface area contributed by atoms with Gasteiger partial charge in [-0.2, -0.15) is 0 Å². The Morgan fingerprint density at radius 1 is 1.45 bits per heavy atom. The van der Waals surface area contributed by atoms with Gasteiger partial charge in [0.15, 0.2) is 5.37 Å². The number of hydrogen-bond acceptors (Lipinski definition) is 5. The maximum atomic E-state index is 12.2. The van der Waals surface area contributed by atoms with E-state index in [-0.39, 0.29) is 11.3 Å². The van der Waals surface area contributed by atoms with Crippen LogP contribution in [0.3, 0.4) is 0 Å². The van der Waals surface area contributed by atoms with Gasteiger partial charge in [-0.25, -0.2) is 0 Å². The Morgan fingerprint density at radius 3 is 2.70 bits per heavy atom. The van der Waals surface area contributed by atoms with Crippen LogP contribution in [0.15, 0.2) is 30.3 Å². The number of carboxylic acid groups (broad SMARTS) is 1. The third-order valence-corrected chi connectivity index (χ3v) is 4.59. The third-order valence-electron chi connectivity index (χ3n) is 3.22. The highest BCUT2D eigenvalue weighted by molar-refractivity contribution is 8.00. The normalized spacial score (nSPS) is 23.2. The fourth-order valence-electron chi connectivity index (χ4n) is 2.26. The van der Waals surface area contributed by atoms with E-state index in [1.54, 1.807) is 12.2 Å². The van der Waals surface area contributed by atoms with Gasteiger partial charge in [0.25, 0.3) is 0 Å². The third kappa shape index (κ3) is 3.32. The minimum absolute atomic E-state index is 0.195. The topological polar surface area (TPSA) is 83.0 Å². The average molecular weight is 295 g/mol. The molecule has 1 saturated heterocycles. The summed E-state index contributed by atoms with van der Waals surface area (Å²) in [7, 11) is 0. The number of rotatable bonds is 5. The summed E-state index contributed by atoms with van der Waals surface area (Å²) in [5, 5.41) is 12.4. The number of benzene rings is 1. The molecule has 2 N–H and O–H groups in total. The summed E-state index contributed by atoms with van der Waals surface area (Å²) in [5.74, 6) is -1.43. The van der Waals surface area contributed by atoms with Gasteiger partial charge in [0, 0.05) is 0 Å². The molecule has 0 bridgehead atoms. The molecule has 108 valence electrons. The Labute approximate surface area is 121 Å². The molecular formula is C14H17NO4S. The van der Waals surface area contributed by atoms with Gasteiger partial charge in [-0.1, -0.05) is 42.1 Å². The molecule has 1 aliphatic heterocycles. The highest BCUT2D eigenvalue weighted by atomic mass is 32.2. The summed E-state index contributed by atoms with van der Waals surface area (Å²) in [6.45, 7) is 2.07. The molecule has 0 amide bonds. The first-order valence-electron chi connectivity index (χ1n) is 6.52. The van der Waals surface area contributed by atoms with Crippen molar-refractivity contribution in [2.45, 2.75) is 24.3 Å². The van der Waals surface area contributed by atoms with Gasteiger partial charge < -0.3 is 20.0 Å². The summed E-state index contributed by atoms with van der Waals surface area (Å²) >= 11 is 1.46. The number of ether oxygens (including phenoxy) is 1. The fourth-order valence-corrected chi connectivity index (χ4v) is 3.70. The average Bonchev–Trinajstić information content (AvgIpc) is 2.90. The van der Waals surface area contributed by atoms with Crippen molar-refractivity contribution in [3.05, 3.63) is 35.9 Å². The second-order valence-electron chi connectivity index (χ2n) is 4.56. The van der Waals surface area contributed by atoms with Crippen molar-refractivity contribution >= 4 is 23.7 Å². The molecule has 3 atom stereocenters. The lowest BCUT2D eigenvalue weighted by molar-refractivity contribution is -0.685. The van der Waals surface area contributed by atoms with Crippen molar-refractivity contribution in [2.75, 3.05) is 12.4 Å². The Kier molecular flexibility index (Phi) is 5.03. The number of aliphatic carboxylic acids is 1. The molecule has 1 heterocycles. The van der Waals surface area contributed by atoms with Crippen molar-refractivity contribution < 1.29 is 24.7 Å². The lowest BCUT2D eigenvalue weighted by Gasteiger charge is -2.20. The van der Waals surface area contributed by atoms with Crippen LogP contribution in [0.25, 0.3) is 0 Å². The molecule has 0 radical (unpaired) electrons. The SMILES string of the molecule is CCOC(=O)[C@H](c1ccccc1)[C@H]1[NH2+][C@H](C(=O)[O-])CS1. The van der Waals surface area contributed by atoms with Crippen LogP contribution in [-0.2, 0) is 14.3 Å². The molecule has 1 aromatic carbocycles. The largest absolute Gasteiger partial charge is 0.544 e. The van der Waals surface area contributed by atoms with Gasteiger partial charge >= 0.3 is 5.97 Å². The van der Waals surface area contributed by atoms with Crippen molar-refractivity contribution in [3.8, 4) is 0 Å². The number of hydrogen-bond donors (Lipinski definition) is 1. The lowest BCUT2D eigenvalue weighted by Crippen LogP contribution is -2.95. The van der Waals surface area contributed by atoms with Crippen molar-refractivity contribution in [1.82, 2.24) is 0 Å². The van der Waals surface area contributed by atoms with Crippen LogP contribution in [0.5, 0.6) is 0 Å². The smallest absolute Gasteiger partial charge is 0.320 e. The molecule has 2 rings (SSSR count). The first kappa shape index (κ1) is 14.9. The van der Waals surface area contributed by atoms with Crippen LogP contribution in [0, 0.1) is 0 Å². The summed E-state index contributed by atoms with van der Waals surface area (Å²) < 4.78 is 5.13. The van der Waals surface area contributed by atoms with Crippen LogP contribution in [0.1, 0.15) is 18.4 Å². The second kappa shape index (κ2) is 6.76. The van der Waals surface area contributed by atoms with E-state index >= 15 is 0 Å². The van der Waals surface area contributed by atoms with Gasteiger partial charge in [-0.15, -0.1) is 0 Å². The zero-order valence-corrected chi connectivity index (χ0v) is 12.0. The highest BCUT2D eigenvalue weighted by Crippen LogP contribution is 2.29. The summed E-state index contributed by atoms with van der Waals surface area (Å²) in [5.41, 5.74) is 0.846. The zero-order chi connectivity index (χ0) is 14.5. The van der Waals surface area contributed by atoms with E-state index < -0.39 is 17.9 Å². The fraction of sp³-hybridized carbons (Fsp3) is 0.429. The van der Waals surface area contributed by atoms with Crippen LogP contribution >= 0.6 is 11.8 Å². The molecule has 1 fully saturated rings. The van der Waals surface area contributed by atoms with Gasteiger partial charge in [-0.3, -0.25) is 4.79 Å². The van der Waals surface area contributed by atoms with Gasteiger partial charge in [0.05, 0.1) is 12.4 Å². The molecule has 0 saturated carbocycles. The van der Waals surface area contributed by atoms with Crippen LogP contribution < -0.4 is 10.4 Å². The van der Waals surface area contributed by atoms with E-state index in [4.69, 9.17) is 4.74 Å². The highest BCUT2D eigenvalue weighted by Gasteiger charge is 2.41. The van der Waals surface area contributed by atoms with Crippen molar-refractivity contribution in [1.29, 1.82) is 0 Å². The van der Waals surface area contributed by atoms with Gasteiger partial charge in [-0.05, 0) is 12.5 Å². The summed E-state index contributed by atoms with van der Waals surface area (Å²) in [4.78, 5) is 23.1. The Morgan fingerprint density at radius 2 is 2.15 bits per heavy atom. The Bertz CT molecular complexity index is 479. The minimum atomic E-state index is -1.09. The number of esters is 1. The van der Waals surface area contributed by atoms with Crippen molar-refractivity contribution in [3.63, 3.8) is 0 Å². The standard InChI is InChI=1S/C14H17NO4S/c1-2-19-14(18)11(9-6-4-3-5-7-9)12-15-10(8-20-12)13(16)17/h3-7,10-12,15H,2,8H2,1H3,(H,16,17)/t10-,11+,12-/m0/s1. The minimum Gasteiger partial charge on any atom is -0.544 e. The van der Waals surface area contributed by atoms with E-state index in [2.05, 4.69) is 0 Å². The van der Waals surface area contributed by atoms with E-state index in [9.17, 15) is 14.7 Å². The Balaban J connectivity index is 2.20. The molecule has 0 aliphatic carbocycles. The van der Waals surface area contributed by atoms with Gasteiger partial charge in [0.1, 0.15) is 17.9 Å². The first-order chi connectivity index (χ1) is 9.63. The lowest BCUT2D eigenvalue weighted by atomic mass is 9.98. The van der Waals surface area contributed by atoms with E-state index in [1.165, 1.54) is 11.8 Å². The van der Waals surface area contributed by atoms with E-state index in [0.717, 1.165) is 5.56 Å². The monoisotopic (exact) mass is 295 g/mol. The molecule has 0 spiro atoms. The number of carbonyl (C=O) groups is 2. The Hall–Kier alpha value is -1.53. The molecule has 20 heavy (non-hydrogen) atoms. The van der Waals surface area contributed by atoms with Crippen molar-refractivity contribution in [2.24, 2.45) is 0 Å². The number of carbonyl (C=O) groups excluding carboxylic acids is 2. The van der Waals surface area contributed by atoms with Gasteiger partial charge in [0.2, 0.25) is 0 Å². The molecule has 1 aliphatic rings. The quantitative estimate of drug-likeness (QED) is 0.711. The maximum Gasteiger partial charge on any atom is 0.320 e. The summed E-state index contributed by atoms with van der Waals surface area (Å²) in [6, 6.07) is 8.71. The summed E-state index contributed by atoms with van der Waals surface area (Å²) in [6.07, 6.45) is 0. The number of quaternary nitrogens is 1. The molecule has 0 aromatic heterocycles. The number of thioether (sulfide) groups is 1. The number of nitrogens with two attached hydrogens (primary N) is 1. The van der Waals surface area contributed by atoms with Crippen LogP contribution in [0.4, 0.5) is 0 Å². The molecule has 1 aromatic rings. The van der Waals surface area contributed by atoms with Crippen LogP contribution in [0.2, 0.25) is 0 Å². The van der Waals surface area contributed by atoms with E-state index in [0.29, 0.717) is 12.4 Å². The predicted octanol–water partition coefficient (Wildman–Crippen LogP) is -0.912. The second-order valence-corrected chi connectivity index (χ2v) is 5.77. The zero-order valence-electron chi connectivity index (χ0n) is 11.2.